The van der Waals surface area contributed by atoms with Crippen molar-refractivity contribution in [1.82, 2.24) is 5.32 Å². The SMILES string of the molecule is CC1CCC(O)(CNC(=O)c2ccoc2Cl)CC1. The molecule has 0 saturated heterocycles. The molecule has 100 valence electrons. The quantitative estimate of drug-likeness (QED) is 0.888. The number of hydrogen-bond acceptors (Lipinski definition) is 3. The van der Waals surface area contributed by atoms with Crippen LogP contribution in [-0.2, 0) is 0 Å². The lowest BCUT2D eigenvalue weighted by Crippen LogP contribution is -2.45. The van der Waals surface area contributed by atoms with Gasteiger partial charge in [-0.3, -0.25) is 4.79 Å². The van der Waals surface area contributed by atoms with Crippen molar-refractivity contribution in [3.05, 3.63) is 23.1 Å². The van der Waals surface area contributed by atoms with E-state index in [4.69, 9.17) is 16.0 Å². The molecule has 0 unspecified atom stereocenters. The van der Waals surface area contributed by atoms with Crippen LogP contribution in [0.25, 0.3) is 0 Å². The maximum absolute atomic E-state index is 11.8. The molecular weight excluding hydrogens is 254 g/mol. The summed E-state index contributed by atoms with van der Waals surface area (Å²) < 4.78 is 4.86. The number of furan rings is 1. The van der Waals surface area contributed by atoms with E-state index in [-0.39, 0.29) is 17.7 Å². The van der Waals surface area contributed by atoms with Gasteiger partial charge >= 0.3 is 0 Å². The first-order valence-corrected chi connectivity index (χ1v) is 6.61. The van der Waals surface area contributed by atoms with Crippen molar-refractivity contribution < 1.29 is 14.3 Å². The molecule has 0 aliphatic heterocycles. The third kappa shape index (κ3) is 3.06. The monoisotopic (exact) mass is 271 g/mol. The molecule has 0 spiro atoms. The molecule has 1 aromatic rings. The van der Waals surface area contributed by atoms with E-state index in [2.05, 4.69) is 12.2 Å². The molecule has 4 nitrogen and oxygen atoms in total. The minimum Gasteiger partial charge on any atom is -0.452 e. The molecule has 2 rings (SSSR count). The number of carbonyl (C=O) groups excluding carboxylic acids is 1. The predicted octanol–water partition coefficient (Wildman–Crippen LogP) is 2.60. The lowest BCUT2D eigenvalue weighted by atomic mass is 9.79. The molecule has 5 heteroatoms. The highest BCUT2D eigenvalue weighted by molar-refractivity contribution is 6.32. The average molecular weight is 272 g/mol. The summed E-state index contributed by atoms with van der Waals surface area (Å²) >= 11 is 5.72. The Morgan fingerprint density at radius 2 is 2.28 bits per heavy atom. The molecule has 1 aromatic heterocycles. The van der Waals surface area contributed by atoms with Crippen LogP contribution in [0.15, 0.2) is 16.7 Å². The number of amides is 1. The highest BCUT2D eigenvalue weighted by Crippen LogP contribution is 2.31. The highest BCUT2D eigenvalue weighted by Gasteiger charge is 2.32. The van der Waals surface area contributed by atoms with Crippen molar-refractivity contribution in [2.45, 2.75) is 38.2 Å². The van der Waals surface area contributed by atoms with Crippen molar-refractivity contribution in [3.8, 4) is 0 Å². The van der Waals surface area contributed by atoms with Crippen molar-refractivity contribution in [1.29, 1.82) is 0 Å². The Hall–Kier alpha value is -1.00. The van der Waals surface area contributed by atoms with E-state index in [0.717, 1.165) is 25.7 Å². The van der Waals surface area contributed by atoms with Crippen molar-refractivity contribution >= 4 is 17.5 Å². The normalized spacial score (nSPS) is 28.1. The van der Waals surface area contributed by atoms with Gasteiger partial charge in [0.1, 0.15) is 0 Å². The third-order valence-electron chi connectivity index (χ3n) is 3.65. The van der Waals surface area contributed by atoms with Gasteiger partial charge in [-0.25, -0.2) is 0 Å². The Labute approximate surface area is 111 Å². The summed E-state index contributed by atoms with van der Waals surface area (Å²) in [6.45, 7) is 2.45. The largest absolute Gasteiger partial charge is 0.452 e. The molecule has 1 saturated carbocycles. The Morgan fingerprint density at radius 3 is 2.83 bits per heavy atom. The van der Waals surface area contributed by atoms with E-state index in [9.17, 15) is 9.90 Å². The second-order valence-electron chi connectivity index (χ2n) is 5.20. The molecule has 0 aromatic carbocycles. The minimum atomic E-state index is -0.779. The van der Waals surface area contributed by atoms with Crippen LogP contribution < -0.4 is 5.32 Å². The van der Waals surface area contributed by atoms with Gasteiger partial charge in [0.15, 0.2) is 0 Å². The number of rotatable bonds is 3. The molecule has 0 bridgehead atoms. The molecule has 18 heavy (non-hydrogen) atoms. The van der Waals surface area contributed by atoms with E-state index >= 15 is 0 Å². The number of aliphatic hydroxyl groups is 1. The predicted molar refractivity (Wildman–Crippen MR) is 68.6 cm³/mol. The molecule has 1 heterocycles. The van der Waals surface area contributed by atoms with Gasteiger partial charge in [0.2, 0.25) is 5.22 Å². The molecule has 1 amide bonds. The molecule has 1 aliphatic rings. The van der Waals surface area contributed by atoms with E-state index in [1.807, 2.05) is 0 Å². The Balaban J connectivity index is 1.88. The maximum atomic E-state index is 11.8. The standard InChI is InChI=1S/C13H18ClNO3/c1-9-2-5-13(17,6-3-9)8-15-12(16)10-4-7-18-11(10)14/h4,7,9,17H,2-3,5-6,8H2,1H3,(H,15,16). The zero-order chi connectivity index (χ0) is 13.2. The number of halogens is 1. The van der Waals surface area contributed by atoms with Gasteiger partial charge < -0.3 is 14.8 Å². The van der Waals surface area contributed by atoms with Crippen LogP contribution in [0.1, 0.15) is 43.0 Å². The molecule has 0 atom stereocenters. The van der Waals surface area contributed by atoms with Crippen molar-refractivity contribution in [2.24, 2.45) is 5.92 Å². The maximum Gasteiger partial charge on any atom is 0.256 e. The van der Waals surface area contributed by atoms with Crippen LogP contribution in [0.4, 0.5) is 0 Å². The fraction of sp³-hybridized carbons (Fsp3) is 0.615. The van der Waals surface area contributed by atoms with Gasteiger partial charge in [0.25, 0.3) is 5.91 Å². The van der Waals surface area contributed by atoms with E-state index < -0.39 is 5.60 Å². The Kier molecular flexibility index (Phi) is 3.97. The summed E-state index contributed by atoms with van der Waals surface area (Å²) in [5.41, 5.74) is -0.470. The molecule has 2 N–H and O–H groups in total. The Morgan fingerprint density at radius 1 is 1.61 bits per heavy atom. The lowest BCUT2D eigenvalue weighted by Gasteiger charge is -2.34. The van der Waals surface area contributed by atoms with Gasteiger partial charge in [0, 0.05) is 6.54 Å². The van der Waals surface area contributed by atoms with Crippen LogP contribution in [0.3, 0.4) is 0 Å². The van der Waals surface area contributed by atoms with E-state index in [1.165, 1.54) is 12.3 Å². The summed E-state index contributed by atoms with van der Waals surface area (Å²) in [6.07, 6.45) is 4.83. The smallest absolute Gasteiger partial charge is 0.256 e. The zero-order valence-corrected chi connectivity index (χ0v) is 11.2. The van der Waals surface area contributed by atoms with Crippen molar-refractivity contribution in [2.75, 3.05) is 6.54 Å². The summed E-state index contributed by atoms with van der Waals surface area (Å²) in [4.78, 5) is 11.8. The second-order valence-corrected chi connectivity index (χ2v) is 5.54. The fourth-order valence-corrected chi connectivity index (χ4v) is 2.47. The summed E-state index contributed by atoms with van der Waals surface area (Å²) in [5, 5.41) is 13.1. The second kappa shape index (κ2) is 5.33. The zero-order valence-electron chi connectivity index (χ0n) is 10.4. The van der Waals surface area contributed by atoms with Crippen LogP contribution in [0.2, 0.25) is 5.22 Å². The number of nitrogens with one attached hydrogen (secondary N) is 1. The topological polar surface area (TPSA) is 62.5 Å². The van der Waals surface area contributed by atoms with Gasteiger partial charge in [-0.2, -0.15) is 0 Å². The lowest BCUT2D eigenvalue weighted by molar-refractivity contribution is -0.00540. The molecule has 1 fully saturated rings. The van der Waals surface area contributed by atoms with Crippen LogP contribution in [0.5, 0.6) is 0 Å². The van der Waals surface area contributed by atoms with Gasteiger partial charge in [0.05, 0.1) is 17.4 Å². The number of hydrogen-bond donors (Lipinski definition) is 2. The van der Waals surface area contributed by atoms with Crippen LogP contribution >= 0.6 is 11.6 Å². The van der Waals surface area contributed by atoms with Crippen LogP contribution in [-0.4, -0.2) is 23.2 Å². The summed E-state index contributed by atoms with van der Waals surface area (Å²) in [6, 6.07) is 1.52. The summed E-state index contributed by atoms with van der Waals surface area (Å²) in [7, 11) is 0. The fourth-order valence-electron chi connectivity index (χ4n) is 2.27. The van der Waals surface area contributed by atoms with Gasteiger partial charge in [-0.1, -0.05) is 6.92 Å². The minimum absolute atomic E-state index is 0.0803. The first kappa shape index (κ1) is 13.4. The molecule has 1 aliphatic carbocycles. The van der Waals surface area contributed by atoms with Crippen molar-refractivity contribution in [3.63, 3.8) is 0 Å². The van der Waals surface area contributed by atoms with Crippen LogP contribution in [0, 0.1) is 5.92 Å². The van der Waals surface area contributed by atoms with Gasteiger partial charge in [-0.05, 0) is 49.3 Å². The molecule has 0 radical (unpaired) electrons. The highest BCUT2D eigenvalue weighted by atomic mass is 35.5. The third-order valence-corrected chi connectivity index (χ3v) is 3.94. The average Bonchev–Trinajstić information content (AvgIpc) is 2.77. The van der Waals surface area contributed by atoms with E-state index in [0.29, 0.717) is 11.5 Å². The number of carbonyl (C=O) groups is 1. The molecular formula is C13H18ClNO3. The first-order valence-electron chi connectivity index (χ1n) is 6.24. The van der Waals surface area contributed by atoms with E-state index in [1.54, 1.807) is 0 Å². The summed E-state index contributed by atoms with van der Waals surface area (Å²) in [5.74, 6) is 0.352. The van der Waals surface area contributed by atoms with Gasteiger partial charge in [-0.15, -0.1) is 0 Å². The Bertz CT molecular complexity index is 422. The first-order chi connectivity index (χ1) is 8.50.